The van der Waals surface area contributed by atoms with Gasteiger partial charge in [0.25, 0.3) is 0 Å². The van der Waals surface area contributed by atoms with E-state index in [2.05, 4.69) is 20.6 Å². The highest BCUT2D eigenvalue weighted by molar-refractivity contribution is 7.11. The molecule has 0 radical (unpaired) electrons. The molecule has 0 fully saturated rings. The first-order valence-corrected chi connectivity index (χ1v) is 9.01. The number of thiazole rings is 1. The molecule has 0 saturated heterocycles. The average Bonchev–Trinajstić information content (AvgIpc) is 2.86. The maximum Gasteiger partial charge on any atom is 0.191 e. The van der Waals surface area contributed by atoms with Crippen LogP contribution in [0.4, 0.5) is 4.39 Å². The summed E-state index contributed by atoms with van der Waals surface area (Å²) in [5, 5.41) is 7.65. The molecule has 1 aromatic carbocycles. The molecule has 24 heavy (non-hydrogen) atoms. The molecule has 6 heteroatoms. The molecule has 1 aromatic heterocycles. The zero-order valence-corrected chi connectivity index (χ0v) is 15.6. The number of hydrogen-bond acceptors (Lipinski definition) is 3. The highest BCUT2D eigenvalue weighted by Gasteiger charge is 2.05. The largest absolute Gasteiger partial charge is 0.357 e. The molecule has 0 unspecified atom stereocenters. The molecule has 2 rings (SSSR count). The third-order valence-corrected chi connectivity index (χ3v) is 4.78. The quantitative estimate of drug-likeness (QED) is 0.620. The second-order valence-corrected chi connectivity index (χ2v) is 6.98. The molecule has 2 N–H and O–H groups in total. The Balaban J connectivity index is 1.92. The molecule has 1 heterocycles. The molecule has 0 atom stereocenters. The molecule has 0 bridgehead atoms. The second kappa shape index (κ2) is 8.78. The van der Waals surface area contributed by atoms with E-state index in [0.29, 0.717) is 12.1 Å². The van der Waals surface area contributed by atoms with Gasteiger partial charge in [-0.05, 0) is 44.9 Å². The monoisotopic (exact) mass is 348 g/mol. The lowest BCUT2D eigenvalue weighted by Gasteiger charge is -2.11. The van der Waals surface area contributed by atoms with E-state index in [1.807, 2.05) is 26.8 Å². The Labute approximate surface area is 147 Å². The van der Waals surface area contributed by atoms with Gasteiger partial charge in [0.1, 0.15) is 5.82 Å². The Kier molecular flexibility index (Phi) is 6.73. The summed E-state index contributed by atoms with van der Waals surface area (Å²) in [7, 11) is 0. The first-order valence-electron chi connectivity index (χ1n) is 8.19. The van der Waals surface area contributed by atoms with Gasteiger partial charge in [-0.2, -0.15) is 0 Å². The van der Waals surface area contributed by atoms with E-state index in [0.717, 1.165) is 41.7 Å². The van der Waals surface area contributed by atoms with E-state index in [1.165, 1.54) is 4.88 Å². The maximum absolute atomic E-state index is 13.6. The fraction of sp³-hybridized carbons (Fsp3) is 0.444. The zero-order valence-electron chi connectivity index (χ0n) is 14.7. The van der Waals surface area contributed by atoms with Crippen LogP contribution < -0.4 is 10.6 Å². The number of hydrogen-bond donors (Lipinski definition) is 2. The highest BCUT2D eigenvalue weighted by atomic mass is 32.1. The van der Waals surface area contributed by atoms with Crippen LogP contribution >= 0.6 is 11.3 Å². The van der Waals surface area contributed by atoms with E-state index >= 15 is 0 Å². The minimum absolute atomic E-state index is 0.184. The molecule has 4 nitrogen and oxygen atoms in total. The van der Waals surface area contributed by atoms with Gasteiger partial charge >= 0.3 is 0 Å². The minimum atomic E-state index is -0.184. The molecule has 130 valence electrons. The lowest BCUT2D eigenvalue weighted by Crippen LogP contribution is -2.38. The van der Waals surface area contributed by atoms with Crippen LogP contribution in [0.5, 0.6) is 0 Å². The normalized spacial score (nSPS) is 11.6. The lowest BCUT2D eigenvalue weighted by molar-refractivity contribution is 0.616. The minimum Gasteiger partial charge on any atom is -0.357 e. The number of aryl methyl sites for hydroxylation is 3. The van der Waals surface area contributed by atoms with Crippen molar-refractivity contribution in [3.63, 3.8) is 0 Å². The standard InChI is InChI=1S/C18H25FN4S/c1-5-20-18(21-9-8-17-13(3)23-14(4)24-17)22-11-15-7-6-12(2)16(19)10-15/h6-7,10H,5,8-9,11H2,1-4H3,(H2,20,21,22). The fourth-order valence-electron chi connectivity index (χ4n) is 2.35. The number of aromatic nitrogens is 1. The maximum atomic E-state index is 13.6. The Morgan fingerprint density at radius 1 is 1.25 bits per heavy atom. The summed E-state index contributed by atoms with van der Waals surface area (Å²) in [6.45, 7) is 9.88. The Morgan fingerprint density at radius 3 is 2.67 bits per heavy atom. The molecular weight excluding hydrogens is 323 g/mol. The van der Waals surface area contributed by atoms with Crippen LogP contribution in [-0.2, 0) is 13.0 Å². The smallest absolute Gasteiger partial charge is 0.191 e. The second-order valence-electron chi connectivity index (χ2n) is 5.70. The first kappa shape index (κ1) is 18.4. The summed E-state index contributed by atoms with van der Waals surface area (Å²) in [5.41, 5.74) is 2.63. The first-order chi connectivity index (χ1) is 11.5. The Morgan fingerprint density at radius 2 is 2.04 bits per heavy atom. The number of guanidine groups is 1. The van der Waals surface area contributed by atoms with Crippen LogP contribution in [0.1, 0.15) is 33.6 Å². The van der Waals surface area contributed by atoms with Crippen molar-refractivity contribution in [1.29, 1.82) is 0 Å². The van der Waals surface area contributed by atoms with Gasteiger partial charge in [-0.25, -0.2) is 14.4 Å². The summed E-state index contributed by atoms with van der Waals surface area (Å²) in [6.07, 6.45) is 0.918. The van der Waals surface area contributed by atoms with Gasteiger partial charge in [0.15, 0.2) is 5.96 Å². The molecule has 0 saturated carbocycles. The van der Waals surface area contributed by atoms with Crippen LogP contribution in [0, 0.1) is 26.6 Å². The van der Waals surface area contributed by atoms with E-state index in [-0.39, 0.29) is 5.82 Å². The Hall–Kier alpha value is -1.95. The van der Waals surface area contributed by atoms with Crippen LogP contribution in [0.3, 0.4) is 0 Å². The number of rotatable bonds is 6. The third-order valence-electron chi connectivity index (χ3n) is 3.64. The van der Waals surface area contributed by atoms with Crippen LogP contribution in [0.15, 0.2) is 23.2 Å². The number of nitrogens with zero attached hydrogens (tertiary/aromatic N) is 2. The predicted molar refractivity (Wildman–Crippen MR) is 99.2 cm³/mol. The molecule has 0 aliphatic rings. The van der Waals surface area contributed by atoms with Crippen LogP contribution in [-0.4, -0.2) is 24.0 Å². The van der Waals surface area contributed by atoms with E-state index in [1.54, 1.807) is 30.4 Å². The van der Waals surface area contributed by atoms with Crippen molar-refractivity contribution in [2.45, 2.75) is 40.7 Å². The van der Waals surface area contributed by atoms with Crippen molar-refractivity contribution in [1.82, 2.24) is 15.6 Å². The van der Waals surface area contributed by atoms with E-state index in [9.17, 15) is 4.39 Å². The summed E-state index contributed by atoms with van der Waals surface area (Å²) in [6, 6.07) is 5.25. The third kappa shape index (κ3) is 5.30. The van der Waals surface area contributed by atoms with Gasteiger partial charge in [0.2, 0.25) is 0 Å². The van der Waals surface area contributed by atoms with E-state index in [4.69, 9.17) is 0 Å². The predicted octanol–water partition coefficient (Wildman–Crippen LogP) is 3.51. The van der Waals surface area contributed by atoms with Crippen molar-refractivity contribution < 1.29 is 4.39 Å². The molecule has 0 aliphatic carbocycles. The topological polar surface area (TPSA) is 49.3 Å². The molecule has 0 aliphatic heterocycles. The van der Waals surface area contributed by atoms with Crippen molar-refractivity contribution in [2.24, 2.45) is 4.99 Å². The van der Waals surface area contributed by atoms with E-state index < -0.39 is 0 Å². The Bertz CT molecular complexity index is 709. The SMILES string of the molecule is CCNC(=NCc1ccc(C)c(F)c1)NCCc1sc(C)nc1C. The number of nitrogens with one attached hydrogen (secondary N) is 2. The van der Waals surface area contributed by atoms with Crippen molar-refractivity contribution in [3.05, 3.63) is 50.7 Å². The molecule has 0 amide bonds. The number of halogens is 1. The highest BCUT2D eigenvalue weighted by Crippen LogP contribution is 2.17. The zero-order chi connectivity index (χ0) is 17.5. The van der Waals surface area contributed by atoms with Crippen molar-refractivity contribution >= 4 is 17.3 Å². The molecule has 0 spiro atoms. The van der Waals surface area contributed by atoms with Gasteiger partial charge < -0.3 is 10.6 Å². The van der Waals surface area contributed by atoms with Gasteiger partial charge in [-0.1, -0.05) is 12.1 Å². The van der Waals surface area contributed by atoms with Crippen LogP contribution in [0.25, 0.3) is 0 Å². The summed E-state index contributed by atoms with van der Waals surface area (Å²) >= 11 is 1.74. The molecular formula is C18H25FN4S. The summed E-state index contributed by atoms with van der Waals surface area (Å²) in [5.74, 6) is 0.564. The fourth-order valence-corrected chi connectivity index (χ4v) is 3.28. The number of aliphatic imine (C=N–C) groups is 1. The van der Waals surface area contributed by atoms with Gasteiger partial charge in [0.05, 0.1) is 17.2 Å². The van der Waals surface area contributed by atoms with Gasteiger partial charge in [-0.3, -0.25) is 0 Å². The van der Waals surface area contributed by atoms with Crippen LogP contribution in [0.2, 0.25) is 0 Å². The van der Waals surface area contributed by atoms with Gasteiger partial charge in [0, 0.05) is 24.4 Å². The summed E-state index contributed by atoms with van der Waals surface area (Å²) in [4.78, 5) is 10.3. The van der Waals surface area contributed by atoms with Crippen molar-refractivity contribution in [3.8, 4) is 0 Å². The van der Waals surface area contributed by atoms with Crippen molar-refractivity contribution in [2.75, 3.05) is 13.1 Å². The lowest BCUT2D eigenvalue weighted by atomic mass is 10.1. The molecule has 2 aromatic rings. The summed E-state index contributed by atoms with van der Waals surface area (Å²) < 4.78 is 13.6. The van der Waals surface area contributed by atoms with Gasteiger partial charge in [-0.15, -0.1) is 11.3 Å². The average molecular weight is 348 g/mol. The number of benzene rings is 1.